The van der Waals surface area contributed by atoms with Crippen LogP contribution in [-0.2, 0) is 9.59 Å². The summed E-state index contributed by atoms with van der Waals surface area (Å²) < 4.78 is 5.09. The Kier molecular flexibility index (Phi) is 5.40. The van der Waals surface area contributed by atoms with E-state index in [9.17, 15) is 9.59 Å². The molecular weight excluding hydrogens is 322 g/mol. The van der Waals surface area contributed by atoms with Gasteiger partial charge in [0.05, 0.1) is 12.8 Å². The van der Waals surface area contributed by atoms with Crippen molar-refractivity contribution in [2.75, 3.05) is 37.6 Å². The fourth-order valence-corrected chi connectivity index (χ4v) is 2.49. The molecule has 0 saturated carbocycles. The number of hydrogen-bond donors (Lipinski definition) is 1. The number of nitrogens with one attached hydrogen (secondary N) is 1. The largest absolute Gasteiger partial charge is 0.465 e. The first-order chi connectivity index (χ1) is 12.2. The first-order valence-corrected chi connectivity index (χ1v) is 8.01. The molecule has 130 valence electrons. The Bertz CT molecular complexity index is 722. The zero-order chi connectivity index (χ0) is 17.5. The number of rotatable bonds is 5. The molecule has 3 heterocycles. The van der Waals surface area contributed by atoms with Crippen LogP contribution in [0.3, 0.4) is 0 Å². The summed E-state index contributed by atoms with van der Waals surface area (Å²) in [5, 5.41) is 2.59. The normalized spacial score (nSPS) is 14.7. The molecule has 0 radical (unpaired) electrons. The molecule has 1 aliphatic heterocycles. The Morgan fingerprint density at radius 3 is 2.60 bits per heavy atom. The molecule has 0 bridgehead atoms. The maximum atomic E-state index is 12.2. The number of aromatic nitrogens is 2. The maximum absolute atomic E-state index is 12.2. The van der Waals surface area contributed by atoms with Gasteiger partial charge in [0.25, 0.3) is 0 Å². The van der Waals surface area contributed by atoms with Crippen molar-refractivity contribution < 1.29 is 14.0 Å². The average Bonchev–Trinajstić information content (AvgIpc) is 3.19. The molecule has 8 nitrogen and oxygen atoms in total. The Morgan fingerprint density at radius 2 is 1.92 bits per heavy atom. The summed E-state index contributed by atoms with van der Waals surface area (Å²) >= 11 is 0. The molecule has 1 fully saturated rings. The van der Waals surface area contributed by atoms with Crippen molar-refractivity contribution in [2.24, 2.45) is 0 Å². The highest BCUT2D eigenvalue weighted by atomic mass is 16.3. The molecule has 0 unspecified atom stereocenters. The zero-order valence-corrected chi connectivity index (χ0v) is 13.7. The second kappa shape index (κ2) is 8.09. The van der Waals surface area contributed by atoms with Gasteiger partial charge in [-0.1, -0.05) is 0 Å². The van der Waals surface area contributed by atoms with Gasteiger partial charge in [0.1, 0.15) is 5.76 Å². The van der Waals surface area contributed by atoms with Gasteiger partial charge in [-0.05, 0) is 24.3 Å². The number of piperazine rings is 1. The standard InChI is InChI=1S/C17H19N5O3/c23-15(5-4-14-3-1-12-25-14)20-13-16(24)21-8-10-22(11-9-21)17-18-6-2-7-19-17/h1-7,12H,8-11,13H2,(H,20,23)/b5-4+. The van der Waals surface area contributed by atoms with Crippen LogP contribution in [-0.4, -0.2) is 59.4 Å². The Labute approximate surface area is 145 Å². The summed E-state index contributed by atoms with van der Waals surface area (Å²) in [6, 6.07) is 5.25. The highest BCUT2D eigenvalue weighted by Gasteiger charge is 2.22. The summed E-state index contributed by atoms with van der Waals surface area (Å²) in [6.45, 7) is 2.47. The number of carbonyl (C=O) groups excluding carboxylic acids is 2. The van der Waals surface area contributed by atoms with Crippen LogP contribution in [0.25, 0.3) is 6.08 Å². The lowest BCUT2D eigenvalue weighted by Gasteiger charge is -2.34. The van der Waals surface area contributed by atoms with Crippen LogP contribution in [0.2, 0.25) is 0 Å². The van der Waals surface area contributed by atoms with Crippen LogP contribution in [0.15, 0.2) is 47.3 Å². The number of carbonyl (C=O) groups is 2. The van der Waals surface area contributed by atoms with Crippen molar-refractivity contribution in [2.45, 2.75) is 0 Å². The first-order valence-electron chi connectivity index (χ1n) is 8.01. The molecule has 0 aromatic carbocycles. The molecule has 0 spiro atoms. The Balaban J connectivity index is 1.41. The highest BCUT2D eigenvalue weighted by molar-refractivity contribution is 5.94. The van der Waals surface area contributed by atoms with E-state index in [2.05, 4.69) is 15.3 Å². The molecule has 2 amide bonds. The van der Waals surface area contributed by atoms with Crippen molar-refractivity contribution in [3.63, 3.8) is 0 Å². The van der Waals surface area contributed by atoms with Gasteiger partial charge < -0.3 is 19.5 Å². The molecule has 8 heteroatoms. The summed E-state index contributed by atoms with van der Waals surface area (Å²) in [5.74, 6) is 0.821. The van der Waals surface area contributed by atoms with E-state index in [1.165, 1.54) is 12.3 Å². The van der Waals surface area contributed by atoms with Crippen molar-refractivity contribution in [1.82, 2.24) is 20.2 Å². The van der Waals surface area contributed by atoms with Crippen LogP contribution in [0.1, 0.15) is 5.76 Å². The van der Waals surface area contributed by atoms with Gasteiger partial charge in [0, 0.05) is 44.6 Å². The topological polar surface area (TPSA) is 91.6 Å². The van der Waals surface area contributed by atoms with E-state index in [0.717, 1.165) is 0 Å². The maximum Gasteiger partial charge on any atom is 0.244 e. The molecule has 25 heavy (non-hydrogen) atoms. The van der Waals surface area contributed by atoms with Gasteiger partial charge in [-0.15, -0.1) is 0 Å². The van der Waals surface area contributed by atoms with Crippen molar-refractivity contribution >= 4 is 23.8 Å². The molecule has 1 N–H and O–H groups in total. The van der Waals surface area contributed by atoms with E-state index in [0.29, 0.717) is 37.9 Å². The minimum atomic E-state index is -0.332. The smallest absolute Gasteiger partial charge is 0.244 e. The monoisotopic (exact) mass is 341 g/mol. The summed E-state index contributed by atoms with van der Waals surface area (Å²) in [6.07, 6.45) is 7.83. The van der Waals surface area contributed by atoms with E-state index in [-0.39, 0.29) is 18.4 Å². The lowest BCUT2D eigenvalue weighted by molar-refractivity contribution is -0.132. The lowest BCUT2D eigenvalue weighted by Crippen LogP contribution is -2.51. The second-order valence-electron chi connectivity index (χ2n) is 5.48. The van der Waals surface area contributed by atoms with E-state index >= 15 is 0 Å². The van der Waals surface area contributed by atoms with Crippen molar-refractivity contribution in [1.29, 1.82) is 0 Å². The predicted molar refractivity (Wildman–Crippen MR) is 91.6 cm³/mol. The molecule has 3 rings (SSSR count). The van der Waals surface area contributed by atoms with Crippen molar-refractivity contribution in [3.05, 3.63) is 48.7 Å². The summed E-state index contributed by atoms with van der Waals surface area (Å²) in [4.78, 5) is 36.1. The van der Waals surface area contributed by atoms with Crippen LogP contribution >= 0.6 is 0 Å². The van der Waals surface area contributed by atoms with Crippen LogP contribution in [0, 0.1) is 0 Å². The Morgan fingerprint density at radius 1 is 1.16 bits per heavy atom. The van der Waals surface area contributed by atoms with Gasteiger partial charge in [-0.2, -0.15) is 0 Å². The highest BCUT2D eigenvalue weighted by Crippen LogP contribution is 2.09. The van der Waals surface area contributed by atoms with Crippen LogP contribution in [0.5, 0.6) is 0 Å². The fourth-order valence-electron chi connectivity index (χ4n) is 2.49. The van der Waals surface area contributed by atoms with Crippen molar-refractivity contribution in [3.8, 4) is 0 Å². The van der Waals surface area contributed by atoms with Gasteiger partial charge >= 0.3 is 0 Å². The molecule has 1 aliphatic rings. The predicted octanol–water partition coefficient (Wildman–Crippen LogP) is 0.548. The minimum Gasteiger partial charge on any atom is -0.465 e. The quantitative estimate of drug-likeness (QED) is 0.799. The lowest BCUT2D eigenvalue weighted by atomic mass is 10.3. The van der Waals surface area contributed by atoms with E-state index < -0.39 is 0 Å². The molecular formula is C17H19N5O3. The molecule has 1 saturated heterocycles. The summed E-state index contributed by atoms with van der Waals surface area (Å²) in [7, 11) is 0. The minimum absolute atomic E-state index is 0.0246. The third-order valence-electron chi connectivity index (χ3n) is 3.82. The molecule has 2 aromatic heterocycles. The number of hydrogen-bond acceptors (Lipinski definition) is 6. The second-order valence-corrected chi connectivity index (χ2v) is 5.48. The first kappa shape index (κ1) is 16.7. The van der Waals surface area contributed by atoms with Crippen LogP contribution < -0.4 is 10.2 Å². The van der Waals surface area contributed by atoms with Crippen LogP contribution in [0.4, 0.5) is 5.95 Å². The van der Waals surface area contributed by atoms with E-state index in [4.69, 9.17) is 4.42 Å². The van der Waals surface area contributed by atoms with Gasteiger partial charge in [0.2, 0.25) is 17.8 Å². The molecule has 0 atom stereocenters. The SMILES string of the molecule is O=C(/C=C/c1ccco1)NCC(=O)N1CCN(c2ncccn2)CC1. The van der Waals surface area contributed by atoms with E-state index in [1.807, 2.05) is 4.90 Å². The number of anilines is 1. The third-order valence-corrected chi connectivity index (χ3v) is 3.82. The Hall–Kier alpha value is -3.16. The van der Waals surface area contributed by atoms with E-state index in [1.54, 1.807) is 41.6 Å². The average molecular weight is 341 g/mol. The fraction of sp³-hybridized carbons (Fsp3) is 0.294. The zero-order valence-electron chi connectivity index (χ0n) is 13.7. The molecule has 2 aromatic rings. The van der Waals surface area contributed by atoms with Gasteiger partial charge in [-0.25, -0.2) is 9.97 Å². The third kappa shape index (κ3) is 4.66. The number of amides is 2. The van der Waals surface area contributed by atoms with Gasteiger partial charge in [0.15, 0.2) is 0 Å². The summed E-state index contributed by atoms with van der Waals surface area (Å²) in [5.41, 5.74) is 0. The van der Waals surface area contributed by atoms with Gasteiger partial charge in [-0.3, -0.25) is 9.59 Å². The molecule has 0 aliphatic carbocycles. The number of nitrogens with zero attached hydrogens (tertiary/aromatic N) is 4. The number of furan rings is 1.